The van der Waals surface area contributed by atoms with Crippen molar-refractivity contribution in [3.8, 4) is 0 Å². The molecule has 0 aromatic heterocycles. The van der Waals surface area contributed by atoms with Crippen molar-refractivity contribution in [1.29, 1.82) is 0 Å². The summed E-state index contributed by atoms with van der Waals surface area (Å²) in [6.07, 6.45) is 2.25. The van der Waals surface area contributed by atoms with Gasteiger partial charge in [-0.05, 0) is 31.5 Å². The molecule has 14 heavy (non-hydrogen) atoms. The predicted octanol–water partition coefficient (Wildman–Crippen LogP) is 4.07. The second-order valence-corrected chi connectivity index (χ2v) is 4.68. The largest absolute Gasteiger partial charge is 0.310 e. The molecular formula is C10H10Cl3N. The van der Waals surface area contributed by atoms with Crippen LogP contribution < -0.4 is 5.32 Å². The average molecular weight is 251 g/mol. The van der Waals surface area contributed by atoms with Crippen LogP contribution in [0.3, 0.4) is 0 Å². The fourth-order valence-corrected chi connectivity index (χ4v) is 2.90. The van der Waals surface area contributed by atoms with E-state index < -0.39 is 0 Å². The van der Waals surface area contributed by atoms with Crippen LogP contribution in [0.25, 0.3) is 0 Å². The number of hydrogen-bond donors (Lipinski definition) is 1. The Labute approximate surface area is 98.3 Å². The molecule has 1 atom stereocenters. The van der Waals surface area contributed by atoms with Crippen LogP contribution in [0.2, 0.25) is 15.1 Å². The fraction of sp³-hybridized carbons (Fsp3) is 0.400. The van der Waals surface area contributed by atoms with E-state index in [1.165, 1.54) is 6.42 Å². The van der Waals surface area contributed by atoms with Crippen molar-refractivity contribution in [3.05, 3.63) is 32.8 Å². The normalized spacial score (nSPS) is 21.5. The van der Waals surface area contributed by atoms with Gasteiger partial charge in [0.15, 0.2) is 0 Å². The van der Waals surface area contributed by atoms with Crippen LogP contribution in [-0.4, -0.2) is 6.54 Å². The van der Waals surface area contributed by atoms with Crippen LogP contribution in [-0.2, 0) is 0 Å². The predicted molar refractivity (Wildman–Crippen MR) is 61.4 cm³/mol. The Morgan fingerprint density at radius 3 is 2.29 bits per heavy atom. The van der Waals surface area contributed by atoms with E-state index in [4.69, 9.17) is 34.8 Å². The molecule has 0 aliphatic carbocycles. The number of rotatable bonds is 1. The molecule has 0 amide bonds. The zero-order valence-corrected chi connectivity index (χ0v) is 9.76. The maximum atomic E-state index is 6.11. The van der Waals surface area contributed by atoms with E-state index in [1.807, 2.05) is 0 Å². The number of halogens is 3. The van der Waals surface area contributed by atoms with Crippen LogP contribution in [0.15, 0.2) is 12.1 Å². The zero-order chi connectivity index (χ0) is 10.1. The van der Waals surface area contributed by atoms with Crippen LogP contribution >= 0.6 is 34.8 Å². The zero-order valence-electron chi connectivity index (χ0n) is 7.49. The van der Waals surface area contributed by atoms with Gasteiger partial charge in [-0.1, -0.05) is 34.8 Å². The van der Waals surface area contributed by atoms with Gasteiger partial charge in [0.1, 0.15) is 0 Å². The van der Waals surface area contributed by atoms with Crippen molar-refractivity contribution in [2.24, 2.45) is 0 Å². The maximum absolute atomic E-state index is 6.11. The summed E-state index contributed by atoms with van der Waals surface area (Å²) in [5.74, 6) is 0. The highest BCUT2D eigenvalue weighted by Crippen LogP contribution is 2.36. The molecule has 2 rings (SSSR count). The summed E-state index contributed by atoms with van der Waals surface area (Å²) >= 11 is 18.1. The van der Waals surface area contributed by atoms with Crippen LogP contribution in [0.4, 0.5) is 0 Å². The summed E-state index contributed by atoms with van der Waals surface area (Å²) in [5.41, 5.74) is 0.982. The topological polar surface area (TPSA) is 12.0 Å². The van der Waals surface area contributed by atoms with Gasteiger partial charge in [-0.3, -0.25) is 0 Å². The van der Waals surface area contributed by atoms with Crippen molar-refractivity contribution in [1.82, 2.24) is 5.32 Å². The minimum atomic E-state index is 0.285. The van der Waals surface area contributed by atoms with E-state index >= 15 is 0 Å². The third-order valence-electron chi connectivity index (χ3n) is 2.45. The smallest absolute Gasteiger partial charge is 0.0483 e. The van der Waals surface area contributed by atoms with E-state index in [0.29, 0.717) is 15.1 Å². The van der Waals surface area contributed by atoms with Gasteiger partial charge in [-0.2, -0.15) is 0 Å². The Hall–Kier alpha value is 0.0500. The van der Waals surface area contributed by atoms with Gasteiger partial charge in [0.25, 0.3) is 0 Å². The Balaban J connectivity index is 2.40. The number of hydrogen-bond acceptors (Lipinski definition) is 1. The molecule has 1 aliphatic rings. The number of nitrogens with one attached hydrogen (secondary N) is 1. The molecule has 0 radical (unpaired) electrons. The Bertz CT molecular complexity index is 322. The SMILES string of the molecule is Clc1cc(Cl)c([C@@H]2CCCN2)c(Cl)c1. The summed E-state index contributed by atoms with van der Waals surface area (Å²) < 4.78 is 0. The quantitative estimate of drug-likeness (QED) is 0.792. The third-order valence-corrected chi connectivity index (χ3v) is 3.30. The molecule has 0 spiro atoms. The van der Waals surface area contributed by atoms with Crippen molar-refractivity contribution < 1.29 is 0 Å². The molecular weight excluding hydrogens is 240 g/mol. The Kier molecular flexibility index (Phi) is 3.23. The molecule has 1 aromatic carbocycles. The highest BCUT2D eigenvalue weighted by Gasteiger charge is 2.21. The molecule has 1 saturated heterocycles. The lowest BCUT2D eigenvalue weighted by atomic mass is 10.1. The first-order valence-electron chi connectivity index (χ1n) is 4.56. The first-order chi connectivity index (χ1) is 6.68. The first-order valence-corrected chi connectivity index (χ1v) is 5.69. The van der Waals surface area contributed by atoms with Crippen molar-refractivity contribution >= 4 is 34.8 Å². The fourth-order valence-electron chi connectivity index (χ4n) is 1.82. The molecule has 1 aliphatic heterocycles. The highest BCUT2D eigenvalue weighted by molar-refractivity contribution is 6.39. The Morgan fingerprint density at radius 2 is 1.79 bits per heavy atom. The van der Waals surface area contributed by atoms with Crippen molar-refractivity contribution in [3.63, 3.8) is 0 Å². The molecule has 4 heteroatoms. The standard InChI is InChI=1S/C10H10Cl3N/c11-6-4-7(12)10(8(13)5-6)9-2-1-3-14-9/h4-5,9,14H,1-3H2/t9-/m0/s1. The van der Waals surface area contributed by atoms with Gasteiger partial charge in [-0.25, -0.2) is 0 Å². The minimum Gasteiger partial charge on any atom is -0.310 e. The van der Waals surface area contributed by atoms with Gasteiger partial charge in [0.2, 0.25) is 0 Å². The number of benzene rings is 1. The van der Waals surface area contributed by atoms with Crippen LogP contribution in [0.5, 0.6) is 0 Å². The van der Waals surface area contributed by atoms with Gasteiger partial charge in [0.05, 0.1) is 0 Å². The van der Waals surface area contributed by atoms with E-state index in [0.717, 1.165) is 18.5 Å². The van der Waals surface area contributed by atoms with E-state index in [1.54, 1.807) is 12.1 Å². The second-order valence-electron chi connectivity index (χ2n) is 3.43. The third kappa shape index (κ3) is 2.01. The van der Waals surface area contributed by atoms with Gasteiger partial charge in [-0.15, -0.1) is 0 Å². The summed E-state index contributed by atoms with van der Waals surface area (Å²) in [5, 5.41) is 5.26. The first kappa shape index (κ1) is 10.6. The van der Waals surface area contributed by atoms with Crippen LogP contribution in [0, 0.1) is 0 Å². The van der Waals surface area contributed by atoms with Gasteiger partial charge in [0, 0.05) is 26.7 Å². The lowest BCUT2D eigenvalue weighted by Gasteiger charge is -2.14. The van der Waals surface area contributed by atoms with E-state index in [9.17, 15) is 0 Å². The van der Waals surface area contributed by atoms with Crippen molar-refractivity contribution in [2.45, 2.75) is 18.9 Å². The second kappa shape index (κ2) is 4.28. The van der Waals surface area contributed by atoms with Crippen LogP contribution in [0.1, 0.15) is 24.4 Å². The molecule has 1 N–H and O–H groups in total. The summed E-state index contributed by atoms with van der Waals surface area (Å²) in [6.45, 7) is 1.03. The van der Waals surface area contributed by atoms with E-state index in [2.05, 4.69) is 5.32 Å². The molecule has 1 fully saturated rings. The lowest BCUT2D eigenvalue weighted by Crippen LogP contribution is -2.13. The minimum absolute atomic E-state index is 0.285. The van der Waals surface area contributed by atoms with Gasteiger partial charge < -0.3 is 5.32 Å². The molecule has 0 saturated carbocycles. The molecule has 1 nitrogen and oxygen atoms in total. The lowest BCUT2D eigenvalue weighted by molar-refractivity contribution is 0.648. The molecule has 0 unspecified atom stereocenters. The monoisotopic (exact) mass is 249 g/mol. The maximum Gasteiger partial charge on any atom is 0.0483 e. The highest BCUT2D eigenvalue weighted by atomic mass is 35.5. The summed E-state index contributed by atoms with van der Waals surface area (Å²) in [7, 11) is 0. The Morgan fingerprint density at radius 1 is 1.14 bits per heavy atom. The molecule has 76 valence electrons. The molecule has 0 bridgehead atoms. The average Bonchev–Trinajstić information content (AvgIpc) is 2.54. The molecule has 1 heterocycles. The van der Waals surface area contributed by atoms with E-state index in [-0.39, 0.29) is 6.04 Å². The van der Waals surface area contributed by atoms with Gasteiger partial charge >= 0.3 is 0 Å². The van der Waals surface area contributed by atoms with Crippen molar-refractivity contribution in [2.75, 3.05) is 6.54 Å². The summed E-state index contributed by atoms with van der Waals surface area (Å²) in [4.78, 5) is 0. The molecule has 1 aromatic rings. The summed E-state index contributed by atoms with van der Waals surface area (Å²) in [6, 6.07) is 3.77.